The molecule has 1 fully saturated rings. The molecule has 2 amide bonds. The average Bonchev–Trinajstić information content (AvgIpc) is 3.15. The van der Waals surface area contributed by atoms with E-state index in [9.17, 15) is 14.7 Å². The van der Waals surface area contributed by atoms with E-state index in [1.54, 1.807) is 17.0 Å². The van der Waals surface area contributed by atoms with Crippen molar-refractivity contribution in [1.29, 1.82) is 0 Å². The molecule has 0 saturated carbocycles. The Balaban J connectivity index is 1.27. The first kappa shape index (κ1) is 21.3. The van der Waals surface area contributed by atoms with Gasteiger partial charge in [0, 0.05) is 43.1 Å². The first-order chi connectivity index (χ1) is 14.9. The highest BCUT2D eigenvalue weighted by Gasteiger charge is 2.38. The molecular formula is C25H25ClN2O3. The van der Waals surface area contributed by atoms with Crippen molar-refractivity contribution >= 4 is 34.2 Å². The number of benzene rings is 3. The number of fused-ring (bicyclic) bond motifs is 1. The summed E-state index contributed by atoms with van der Waals surface area (Å²) in [5.74, 6) is -0.265. The van der Waals surface area contributed by atoms with Gasteiger partial charge in [-0.1, -0.05) is 54.1 Å². The van der Waals surface area contributed by atoms with E-state index in [2.05, 4.69) is 5.32 Å². The number of aliphatic hydroxyl groups is 1. The summed E-state index contributed by atoms with van der Waals surface area (Å²) in [6, 6.07) is 20.8. The van der Waals surface area contributed by atoms with Gasteiger partial charge in [-0.25, -0.2) is 0 Å². The maximum Gasteiger partial charge on any atom is 0.251 e. The van der Waals surface area contributed by atoms with Crippen LogP contribution >= 0.6 is 11.6 Å². The van der Waals surface area contributed by atoms with Crippen molar-refractivity contribution in [3.8, 4) is 0 Å². The normalized spacial score (nSPS) is 18.3. The number of carbonyl (C=O) groups excluding carboxylic acids is 2. The molecule has 0 spiro atoms. The Morgan fingerprint density at radius 2 is 1.84 bits per heavy atom. The Hall–Kier alpha value is -2.89. The van der Waals surface area contributed by atoms with Crippen molar-refractivity contribution in [3.63, 3.8) is 0 Å². The molecule has 6 heteroatoms. The molecule has 3 aromatic carbocycles. The van der Waals surface area contributed by atoms with Crippen LogP contribution in [-0.4, -0.2) is 47.1 Å². The molecule has 0 radical (unpaired) electrons. The number of β-amino-alcohol motifs (C(OH)–C–C–N with tert-alkyl or cyclic N) is 1. The third kappa shape index (κ3) is 5.24. The van der Waals surface area contributed by atoms with E-state index in [0.29, 0.717) is 30.0 Å². The number of nitrogens with one attached hydrogen (secondary N) is 1. The topological polar surface area (TPSA) is 69.6 Å². The number of nitrogens with zero attached hydrogens (tertiary/aromatic N) is 1. The lowest BCUT2D eigenvalue weighted by atomic mass is 9.94. The quantitative estimate of drug-likeness (QED) is 0.617. The van der Waals surface area contributed by atoms with Gasteiger partial charge in [0.2, 0.25) is 5.91 Å². The molecule has 1 atom stereocenters. The van der Waals surface area contributed by atoms with E-state index in [1.165, 1.54) is 0 Å². The number of carbonyl (C=O) groups is 2. The van der Waals surface area contributed by atoms with Crippen LogP contribution in [0.3, 0.4) is 0 Å². The predicted octanol–water partition coefficient (Wildman–Crippen LogP) is 3.82. The van der Waals surface area contributed by atoms with Gasteiger partial charge in [-0.3, -0.25) is 9.59 Å². The molecule has 5 nitrogen and oxygen atoms in total. The Morgan fingerprint density at radius 1 is 1.03 bits per heavy atom. The summed E-state index contributed by atoms with van der Waals surface area (Å²) < 4.78 is 0. The number of likely N-dealkylation sites (tertiary alicyclic amines) is 1. The largest absolute Gasteiger partial charge is 0.388 e. The van der Waals surface area contributed by atoms with Crippen LogP contribution < -0.4 is 5.32 Å². The van der Waals surface area contributed by atoms with Gasteiger partial charge in [-0.2, -0.15) is 0 Å². The van der Waals surface area contributed by atoms with Gasteiger partial charge in [0.1, 0.15) is 0 Å². The third-order valence-corrected chi connectivity index (χ3v) is 5.98. The van der Waals surface area contributed by atoms with E-state index < -0.39 is 5.60 Å². The molecule has 1 aliphatic heterocycles. The Labute approximate surface area is 186 Å². The van der Waals surface area contributed by atoms with Crippen molar-refractivity contribution in [2.24, 2.45) is 0 Å². The fourth-order valence-electron chi connectivity index (χ4n) is 4.11. The molecule has 160 valence electrons. The molecule has 0 aromatic heterocycles. The number of hydrogen-bond acceptors (Lipinski definition) is 3. The number of halogens is 1. The van der Waals surface area contributed by atoms with Gasteiger partial charge >= 0.3 is 0 Å². The van der Waals surface area contributed by atoms with Gasteiger partial charge in [-0.05, 0) is 47.0 Å². The smallest absolute Gasteiger partial charge is 0.251 e. The van der Waals surface area contributed by atoms with Crippen molar-refractivity contribution < 1.29 is 14.7 Å². The molecule has 0 aliphatic carbocycles. The van der Waals surface area contributed by atoms with Crippen LogP contribution in [0.2, 0.25) is 5.02 Å². The number of hydrogen-bond donors (Lipinski definition) is 2. The molecule has 3 aromatic rings. The molecule has 1 aliphatic rings. The highest BCUT2D eigenvalue weighted by atomic mass is 35.5. The van der Waals surface area contributed by atoms with Gasteiger partial charge in [-0.15, -0.1) is 0 Å². The monoisotopic (exact) mass is 436 g/mol. The molecule has 1 heterocycles. The van der Waals surface area contributed by atoms with Crippen molar-refractivity contribution in [2.45, 2.75) is 24.9 Å². The minimum Gasteiger partial charge on any atom is -0.388 e. The maximum absolute atomic E-state index is 12.6. The number of rotatable bonds is 6. The second kappa shape index (κ2) is 9.08. The van der Waals surface area contributed by atoms with Crippen LogP contribution in [0.1, 0.15) is 28.8 Å². The predicted molar refractivity (Wildman–Crippen MR) is 122 cm³/mol. The first-order valence-corrected chi connectivity index (χ1v) is 10.8. The van der Waals surface area contributed by atoms with Gasteiger partial charge < -0.3 is 15.3 Å². The summed E-state index contributed by atoms with van der Waals surface area (Å²) >= 11 is 6.03. The first-order valence-electron chi connectivity index (χ1n) is 10.4. The van der Waals surface area contributed by atoms with Gasteiger partial charge in [0.25, 0.3) is 5.91 Å². The van der Waals surface area contributed by atoms with Crippen LogP contribution in [0.5, 0.6) is 0 Å². The summed E-state index contributed by atoms with van der Waals surface area (Å²) in [6.07, 6.45) is 1.18. The fraction of sp³-hybridized carbons (Fsp3) is 0.280. The van der Waals surface area contributed by atoms with Crippen LogP contribution in [0.25, 0.3) is 10.8 Å². The van der Waals surface area contributed by atoms with Gasteiger partial charge in [0.15, 0.2) is 0 Å². The van der Waals surface area contributed by atoms with E-state index >= 15 is 0 Å². The lowest BCUT2D eigenvalue weighted by Crippen LogP contribution is -2.38. The zero-order chi connectivity index (χ0) is 21.8. The number of amides is 2. The fourth-order valence-corrected chi connectivity index (χ4v) is 4.33. The molecule has 31 heavy (non-hydrogen) atoms. The van der Waals surface area contributed by atoms with Crippen molar-refractivity contribution in [2.75, 3.05) is 19.6 Å². The van der Waals surface area contributed by atoms with Crippen molar-refractivity contribution in [3.05, 3.63) is 82.9 Å². The molecule has 1 unspecified atom stereocenters. The molecule has 4 rings (SSSR count). The van der Waals surface area contributed by atoms with E-state index in [0.717, 1.165) is 16.3 Å². The molecule has 0 bridgehead atoms. The summed E-state index contributed by atoms with van der Waals surface area (Å²) in [5.41, 5.74) is 0.574. The minimum absolute atomic E-state index is 0.0687. The Kier molecular flexibility index (Phi) is 6.25. The third-order valence-electron chi connectivity index (χ3n) is 5.74. The van der Waals surface area contributed by atoms with Crippen LogP contribution in [0, 0.1) is 0 Å². The van der Waals surface area contributed by atoms with Crippen molar-refractivity contribution in [1.82, 2.24) is 10.2 Å². The molecule has 1 saturated heterocycles. The zero-order valence-corrected chi connectivity index (χ0v) is 17.9. The molecular weight excluding hydrogens is 412 g/mol. The maximum atomic E-state index is 12.6. The van der Waals surface area contributed by atoms with Crippen LogP contribution in [0.15, 0.2) is 66.7 Å². The summed E-state index contributed by atoms with van der Waals surface area (Å²) in [7, 11) is 0. The summed E-state index contributed by atoms with van der Waals surface area (Å²) in [6.45, 7) is 1.05. The van der Waals surface area contributed by atoms with Crippen LogP contribution in [-0.2, 0) is 11.2 Å². The zero-order valence-electron chi connectivity index (χ0n) is 17.2. The van der Waals surface area contributed by atoms with E-state index in [1.807, 2.05) is 54.6 Å². The SMILES string of the molecule is O=C(NCCC(=O)N1CCC(O)(Cc2cccc(Cl)c2)C1)c1ccc2ccccc2c1. The minimum atomic E-state index is -0.950. The highest BCUT2D eigenvalue weighted by molar-refractivity contribution is 6.30. The Morgan fingerprint density at radius 3 is 2.65 bits per heavy atom. The highest BCUT2D eigenvalue weighted by Crippen LogP contribution is 2.27. The van der Waals surface area contributed by atoms with E-state index in [4.69, 9.17) is 11.6 Å². The average molecular weight is 437 g/mol. The second-order valence-corrected chi connectivity index (χ2v) is 8.60. The summed E-state index contributed by atoms with van der Waals surface area (Å²) in [5, 5.41) is 16.4. The van der Waals surface area contributed by atoms with E-state index in [-0.39, 0.29) is 31.3 Å². The second-order valence-electron chi connectivity index (χ2n) is 8.16. The van der Waals surface area contributed by atoms with Crippen LogP contribution in [0.4, 0.5) is 0 Å². The Bertz CT molecular complexity index is 1120. The molecule has 2 N–H and O–H groups in total. The summed E-state index contributed by atoms with van der Waals surface area (Å²) in [4.78, 5) is 26.7. The lowest BCUT2D eigenvalue weighted by Gasteiger charge is -2.23. The van der Waals surface area contributed by atoms with Gasteiger partial charge in [0.05, 0.1) is 5.60 Å². The lowest BCUT2D eigenvalue weighted by molar-refractivity contribution is -0.131. The standard InChI is InChI=1S/C25H25ClN2O3/c26-22-7-3-4-18(14-22)16-25(31)11-13-28(17-25)23(29)10-12-27-24(30)21-9-8-19-5-1-2-6-20(19)15-21/h1-9,14-15,31H,10-13,16-17H2,(H,27,30).